The topological polar surface area (TPSA) is 127 Å². The Balaban J connectivity index is 2.51. The summed E-state index contributed by atoms with van der Waals surface area (Å²) in [7, 11) is -3.58. The molecule has 0 atom stereocenters. The SMILES string of the molecule is CCNc1ccc(C(=O)NCCS(N)(=O)=O)nn1. The Morgan fingerprint density at radius 1 is 1.39 bits per heavy atom. The summed E-state index contributed by atoms with van der Waals surface area (Å²) in [5.41, 5.74) is 0.117. The fourth-order valence-electron chi connectivity index (χ4n) is 1.13. The lowest BCUT2D eigenvalue weighted by Crippen LogP contribution is -2.32. The van der Waals surface area contributed by atoms with Crippen LogP contribution in [0.15, 0.2) is 12.1 Å². The number of carbonyl (C=O) groups is 1. The predicted molar refractivity (Wildman–Crippen MR) is 66.5 cm³/mol. The fraction of sp³-hybridized carbons (Fsp3) is 0.444. The van der Waals surface area contributed by atoms with Crippen LogP contribution in [0.4, 0.5) is 5.82 Å². The molecule has 1 rings (SSSR count). The van der Waals surface area contributed by atoms with E-state index < -0.39 is 15.9 Å². The Hall–Kier alpha value is -1.74. The Morgan fingerprint density at radius 3 is 2.61 bits per heavy atom. The summed E-state index contributed by atoms with van der Waals surface area (Å²) in [6.45, 7) is 2.55. The van der Waals surface area contributed by atoms with Crippen LogP contribution in [0.1, 0.15) is 17.4 Å². The van der Waals surface area contributed by atoms with E-state index in [9.17, 15) is 13.2 Å². The van der Waals surface area contributed by atoms with E-state index in [4.69, 9.17) is 5.14 Å². The number of aromatic nitrogens is 2. The van der Waals surface area contributed by atoms with Crippen molar-refractivity contribution in [1.29, 1.82) is 0 Å². The number of hydrogen-bond donors (Lipinski definition) is 3. The third kappa shape index (κ3) is 5.06. The number of amides is 1. The molecule has 8 nitrogen and oxygen atoms in total. The van der Waals surface area contributed by atoms with Gasteiger partial charge in [-0.2, -0.15) is 0 Å². The summed E-state index contributed by atoms with van der Waals surface area (Å²) in [6, 6.07) is 3.11. The molecule has 0 aromatic carbocycles. The van der Waals surface area contributed by atoms with Gasteiger partial charge in [0.1, 0.15) is 5.82 Å². The molecule has 0 saturated heterocycles. The zero-order valence-electron chi connectivity index (χ0n) is 9.88. The zero-order valence-corrected chi connectivity index (χ0v) is 10.7. The van der Waals surface area contributed by atoms with Crippen LogP contribution in [0.3, 0.4) is 0 Å². The molecular formula is C9H15N5O3S. The number of sulfonamides is 1. The van der Waals surface area contributed by atoms with Crippen LogP contribution >= 0.6 is 0 Å². The van der Waals surface area contributed by atoms with Crippen LogP contribution in [-0.4, -0.2) is 43.4 Å². The normalized spacial score (nSPS) is 11.0. The highest BCUT2D eigenvalue weighted by atomic mass is 32.2. The van der Waals surface area contributed by atoms with Crippen molar-refractivity contribution in [3.63, 3.8) is 0 Å². The summed E-state index contributed by atoms with van der Waals surface area (Å²) < 4.78 is 21.3. The number of hydrogen-bond acceptors (Lipinski definition) is 6. The lowest BCUT2D eigenvalue weighted by Gasteiger charge is -2.04. The Bertz CT molecular complexity index is 499. The Kier molecular flexibility index (Phi) is 4.98. The molecule has 0 spiro atoms. The summed E-state index contributed by atoms with van der Waals surface area (Å²) in [6.07, 6.45) is 0. The first-order valence-corrected chi connectivity index (χ1v) is 7.00. The van der Waals surface area contributed by atoms with Crippen molar-refractivity contribution < 1.29 is 13.2 Å². The van der Waals surface area contributed by atoms with E-state index in [-0.39, 0.29) is 18.0 Å². The molecule has 1 heterocycles. The molecular weight excluding hydrogens is 258 g/mol. The van der Waals surface area contributed by atoms with Crippen molar-refractivity contribution in [3.8, 4) is 0 Å². The highest BCUT2D eigenvalue weighted by Gasteiger charge is 2.09. The summed E-state index contributed by atoms with van der Waals surface area (Å²) in [4.78, 5) is 11.5. The standard InChI is InChI=1S/C9H15N5O3S/c1-2-11-8-4-3-7(13-14-8)9(15)12-5-6-18(10,16)17/h3-4H,2,5-6H2,1H3,(H,11,14)(H,12,15)(H2,10,16,17). The molecule has 4 N–H and O–H groups in total. The first-order chi connectivity index (χ1) is 8.42. The molecule has 0 bridgehead atoms. The van der Waals surface area contributed by atoms with Gasteiger partial charge in [0.25, 0.3) is 5.91 Å². The van der Waals surface area contributed by atoms with Gasteiger partial charge in [0.15, 0.2) is 5.69 Å². The molecule has 0 saturated carbocycles. The van der Waals surface area contributed by atoms with Crippen molar-refractivity contribution in [2.45, 2.75) is 6.92 Å². The van der Waals surface area contributed by atoms with Crippen LogP contribution in [0.25, 0.3) is 0 Å². The molecule has 1 amide bonds. The lowest BCUT2D eigenvalue weighted by atomic mass is 10.3. The van der Waals surface area contributed by atoms with E-state index in [1.54, 1.807) is 6.07 Å². The van der Waals surface area contributed by atoms with Gasteiger partial charge in [-0.3, -0.25) is 4.79 Å². The van der Waals surface area contributed by atoms with Crippen molar-refractivity contribution in [1.82, 2.24) is 15.5 Å². The summed E-state index contributed by atoms with van der Waals surface area (Å²) >= 11 is 0. The third-order valence-electron chi connectivity index (χ3n) is 1.93. The monoisotopic (exact) mass is 273 g/mol. The molecule has 0 unspecified atom stereocenters. The van der Waals surface area contributed by atoms with E-state index in [0.29, 0.717) is 12.4 Å². The average Bonchev–Trinajstić information content (AvgIpc) is 2.28. The molecule has 0 aliphatic rings. The quantitative estimate of drug-likeness (QED) is 0.605. The van der Waals surface area contributed by atoms with Crippen LogP contribution in [-0.2, 0) is 10.0 Å². The van der Waals surface area contributed by atoms with E-state index in [1.165, 1.54) is 6.07 Å². The van der Waals surface area contributed by atoms with Crippen molar-refractivity contribution in [2.24, 2.45) is 5.14 Å². The van der Waals surface area contributed by atoms with E-state index in [0.717, 1.165) is 0 Å². The minimum atomic E-state index is -3.58. The lowest BCUT2D eigenvalue weighted by molar-refractivity contribution is 0.0950. The maximum absolute atomic E-state index is 11.5. The number of nitrogens with two attached hydrogens (primary N) is 1. The number of nitrogens with zero attached hydrogens (tertiary/aromatic N) is 2. The Labute approximate surface area is 105 Å². The zero-order chi connectivity index (χ0) is 13.6. The Morgan fingerprint density at radius 2 is 2.11 bits per heavy atom. The maximum Gasteiger partial charge on any atom is 0.271 e. The molecule has 1 aromatic heterocycles. The number of nitrogens with one attached hydrogen (secondary N) is 2. The van der Waals surface area contributed by atoms with E-state index in [2.05, 4.69) is 20.8 Å². The van der Waals surface area contributed by atoms with Gasteiger partial charge < -0.3 is 10.6 Å². The molecule has 0 fully saturated rings. The minimum Gasteiger partial charge on any atom is -0.369 e. The van der Waals surface area contributed by atoms with Crippen LogP contribution in [0.2, 0.25) is 0 Å². The molecule has 0 aliphatic carbocycles. The smallest absolute Gasteiger partial charge is 0.271 e. The highest BCUT2D eigenvalue weighted by molar-refractivity contribution is 7.89. The molecule has 18 heavy (non-hydrogen) atoms. The van der Waals surface area contributed by atoms with Crippen LogP contribution in [0.5, 0.6) is 0 Å². The van der Waals surface area contributed by atoms with Gasteiger partial charge >= 0.3 is 0 Å². The second-order valence-electron chi connectivity index (χ2n) is 3.46. The van der Waals surface area contributed by atoms with Crippen LogP contribution < -0.4 is 15.8 Å². The molecule has 9 heteroatoms. The number of primary sulfonamides is 1. The molecule has 0 radical (unpaired) electrons. The van der Waals surface area contributed by atoms with E-state index >= 15 is 0 Å². The van der Waals surface area contributed by atoms with Crippen LogP contribution in [0, 0.1) is 0 Å². The minimum absolute atomic E-state index is 0.0612. The first-order valence-electron chi connectivity index (χ1n) is 5.28. The number of anilines is 1. The highest BCUT2D eigenvalue weighted by Crippen LogP contribution is 2.01. The number of carbonyl (C=O) groups excluding carboxylic acids is 1. The fourth-order valence-corrected chi connectivity index (χ4v) is 1.51. The van der Waals surface area contributed by atoms with Gasteiger partial charge in [-0.25, -0.2) is 13.6 Å². The molecule has 100 valence electrons. The maximum atomic E-state index is 11.5. The van der Waals surface area contributed by atoms with Gasteiger partial charge in [-0.05, 0) is 19.1 Å². The largest absolute Gasteiger partial charge is 0.369 e. The molecule has 1 aromatic rings. The summed E-state index contributed by atoms with van der Waals surface area (Å²) in [5, 5.41) is 17.6. The predicted octanol–water partition coefficient (Wildman–Crippen LogP) is -1.07. The second kappa shape index (κ2) is 6.26. The van der Waals surface area contributed by atoms with Crippen molar-refractivity contribution in [2.75, 3.05) is 24.2 Å². The number of rotatable bonds is 6. The summed E-state index contributed by atoms with van der Waals surface area (Å²) in [5.74, 6) is -0.241. The average molecular weight is 273 g/mol. The van der Waals surface area contributed by atoms with Gasteiger partial charge in [-0.15, -0.1) is 10.2 Å². The van der Waals surface area contributed by atoms with Gasteiger partial charge in [0.2, 0.25) is 10.0 Å². The van der Waals surface area contributed by atoms with Gasteiger partial charge in [0.05, 0.1) is 5.75 Å². The van der Waals surface area contributed by atoms with Gasteiger partial charge in [-0.1, -0.05) is 0 Å². The first kappa shape index (κ1) is 14.3. The third-order valence-corrected chi connectivity index (χ3v) is 2.70. The second-order valence-corrected chi connectivity index (χ2v) is 5.19. The molecule has 0 aliphatic heterocycles. The van der Waals surface area contributed by atoms with Crippen molar-refractivity contribution >= 4 is 21.7 Å². The van der Waals surface area contributed by atoms with Crippen molar-refractivity contribution in [3.05, 3.63) is 17.8 Å². The van der Waals surface area contributed by atoms with Gasteiger partial charge in [0, 0.05) is 13.1 Å². The van der Waals surface area contributed by atoms with E-state index in [1.807, 2.05) is 6.92 Å².